The number of nitrogens with zero attached hydrogens (tertiary/aromatic N) is 8. The van der Waals surface area contributed by atoms with Gasteiger partial charge < -0.3 is 25.0 Å². The van der Waals surface area contributed by atoms with Crippen molar-refractivity contribution in [2.45, 2.75) is 57.7 Å². The fraction of sp³-hybridized carbons (Fsp3) is 0.447. The van der Waals surface area contributed by atoms with Gasteiger partial charge in [0.05, 0.1) is 36.7 Å². The largest absolute Gasteiger partial charge is 0.404 e. The Morgan fingerprint density at radius 2 is 2.00 bits per heavy atom. The Morgan fingerprint density at radius 3 is 2.75 bits per heavy atom. The summed E-state index contributed by atoms with van der Waals surface area (Å²) in [5, 5.41) is 15.4. The van der Waals surface area contributed by atoms with Crippen molar-refractivity contribution < 1.29 is 19.1 Å². The van der Waals surface area contributed by atoms with Crippen molar-refractivity contribution in [2.24, 2.45) is 16.1 Å². The minimum absolute atomic E-state index is 0.0814. The molecule has 3 aliphatic heterocycles. The van der Waals surface area contributed by atoms with Gasteiger partial charge in [-0.1, -0.05) is 18.2 Å². The molecule has 8 rings (SSSR count). The summed E-state index contributed by atoms with van der Waals surface area (Å²) in [7, 11) is 0. The van der Waals surface area contributed by atoms with Crippen LogP contribution >= 0.6 is 0 Å². The van der Waals surface area contributed by atoms with Crippen LogP contribution in [0.25, 0.3) is 27.6 Å². The number of nitrogens with two attached hydrogens (primary N) is 1. The minimum Gasteiger partial charge on any atom is -0.404 e. The Kier molecular flexibility index (Phi) is 9.07. The van der Waals surface area contributed by atoms with Gasteiger partial charge in [0.15, 0.2) is 12.1 Å². The molecule has 4 aromatic rings. The van der Waals surface area contributed by atoms with E-state index < -0.39 is 0 Å². The standard InChI is InChI=1S/C38H43N9O4/c1-25(49)45-11-7-35-33(21-45)37(44-47(35)29-8-12-50-13-9-29)31-4-2-3-26-15-34(41-20-32(26)31)27(18-39)19-40-10-14-51-30-16-38(17-30)23-46(24-38)36-6-5-28(22-48)42-43-36/h2-6,15,18-20,22,29-30H,7-14,16-17,21,23-24,39H2,1H3/b27-18+,40-19?. The van der Waals surface area contributed by atoms with Crippen LogP contribution in [0.4, 0.5) is 5.82 Å². The first kappa shape index (κ1) is 33.2. The molecule has 51 heavy (non-hydrogen) atoms. The molecule has 1 aliphatic carbocycles. The molecule has 264 valence electrons. The van der Waals surface area contributed by atoms with E-state index in [2.05, 4.69) is 43.0 Å². The topological polar surface area (TPSA) is 154 Å². The number of carbonyl (C=O) groups is 2. The number of allylic oxidation sites excluding steroid dienone is 1. The highest BCUT2D eigenvalue weighted by Gasteiger charge is 2.53. The summed E-state index contributed by atoms with van der Waals surface area (Å²) in [6.45, 7) is 7.31. The van der Waals surface area contributed by atoms with Crippen molar-refractivity contribution in [1.29, 1.82) is 0 Å². The van der Waals surface area contributed by atoms with Crippen LogP contribution < -0.4 is 10.6 Å². The van der Waals surface area contributed by atoms with Gasteiger partial charge in [0, 0.05) is 105 Å². The molecule has 0 radical (unpaired) electrons. The van der Waals surface area contributed by atoms with Crippen molar-refractivity contribution in [1.82, 2.24) is 29.9 Å². The van der Waals surface area contributed by atoms with E-state index in [9.17, 15) is 9.59 Å². The fourth-order valence-electron chi connectivity index (χ4n) is 8.10. The lowest BCUT2D eigenvalue weighted by atomic mass is 9.62. The number of aliphatic imine (C=N–C) groups is 1. The summed E-state index contributed by atoms with van der Waals surface area (Å²) in [5.41, 5.74) is 12.5. The number of hydrogen-bond acceptors (Lipinski definition) is 11. The third-order valence-corrected chi connectivity index (χ3v) is 10.9. The van der Waals surface area contributed by atoms with Gasteiger partial charge in [-0.3, -0.25) is 24.2 Å². The van der Waals surface area contributed by atoms with Crippen LogP contribution in [0.15, 0.2) is 53.8 Å². The first-order chi connectivity index (χ1) is 24.9. The molecule has 2 N–H and O–H groups in total. The lowest BCUT2D eigenvalue weighted by Crippen LogP contribution is -2.64. The second-order valence-electron chi connectivity index (χ2n) is 14.2. The number of aldehydes is 1. The molecule has 1 amide bonds. The SMILES string of the molecule is CC(=O)N1CCc2c(c(-c3cccc4cc(/C(C=NCCOC5CC6(C5)CN(c5ccc(C=O)nn5)C6)=C/N)ncc34)nn2C2CCOCC2)C1. The van der Waals surface area contributed by atoms with Gasteiger partial charge in [-0.05, 0) is 49.3 Å². The number of amides is 1. The number of rotatable bonds is 10. The molecule has 13 nitrogen and oxygen atoms in total. The van der Waals surface area contributed by atoms with E-state index >= 15 is 0 Å². The van der Waals surface area contributed by atoms with E-state index in [4.69, 9.17) is 25.3 Å². The molecule has 1 saturated carbocycles. The molecule has 1 aromatic carbocycles. The van der Waals surface area contributed by atoms with Gasteiger partial charge >= 0.3 is 0 Å². The lowest BCUT2D eigenvalue weighted by molar-refractivity contribution is -0.129. The quantitative estimate of drug-likeness (QED) is 0.147. The Hall–Kier alpha value is -5.01. The molecule has 0 unspecified atom stereocenters. The first-order valence-corrected chi connectivity index (χ1v) is 17.8. The summed E-state index contributed by atoms with van der Waals surface area (Å²) in [6, 6.07) is 12.1. The second-order valence-corrected chi connectivity index (χ2v) is 14.2. The molecule has 13 heteroatoms. The van der Waals surface area contributed by atoms with E-state index in [1.807, 2.05) is 23.2 Å². The zero-order valence-electron chi connectivity index (χ0n) is 28.9. The number of pyridine rings is 1. The zero-order valence-corrected chi connectivity index (χ0v) is 28.9. The van der Waals surface area contributed by atoms with Crippen LogP contribution in [0, 0.1) is 5.41 Å². The van der Waals surface area contributed by atoms with Gasteiger partial charge in [-0.2, -0.15) is 5.10 Å². The molecule has 3 aromatic heterocycles. The number of anilines is 1. The molecule has 2 saturated heterocycles. The Labute approximate surface area is 296 Å². The molecule has 1 spiro atoms. The van der Waals surface area contributed by atoms with Crippen molar-refractivity contribution in [3.63, 3.8) is 0 Å². The number of ether oxygens (including phenoxy) is 2. The summed E-state index contributed by atoms with van der Waals surface area (Å²) in [4.78, 5) is 36.8. The van der Waals surface area contributed by atoms with Crippen molar-refractivity contribution >= 4 is 40.6 Å². The minimum atomic E-state index is 0.0814. The number of fused-ring (bicyclic) bond motifs is 2. The molecular weight excluding hydrogens is 646 g/mol. The maximum atomic E-state index is 12.4. The van der Waals surface area contributed by atoms with E-state index in [0.29, 0.717) is 44.3 Å². The highest BCUT2D eigenvalue weighted by Crippen LogP contribution is 2.50. The Morgan fingerprint density at radius 1 is 1.16 bits per heavy atom. The monoisotopic (exact) mass is 689 g/mol. The maximum absolute atomic E-state index is 12.4. The number of hydrogen-bond donors (Lipinski definition) is 1. The lowest BCUT2D eigenvalue weighted by Gasteiger charge is -2.59. The fourth-order valence-corrected chi connectivity index (χ4v) is 8.10. The molecule has 3 fully saturated rings. The summed E-state index contributed by atoms with van der Waals surface area (Å²) >= 11 is 0. The van der Waals surface area contributed by atoms with Crippen molar-refractivity contribution in [3.8, 4) is 11.3 Å². The third kappa shape index (κ3) is 6.51. The predicted octanol–water partition coefficient (Wildman–Crippen LogP) is 4.01. The second kappa shape index (κ2) is 14.0. The van der Waals surface area contributed by atoms with Gasteiger partial charge in [-0.15, -0.1) is 10.2 Å². The summed E-state index contributed by atoms with van der Waals surface area (Å²) in [6.07, 6.45) is 10.9. The summed E-state index contributed by atoms with van der Waals surface area (Å²) < 4.78 is 14.0. The highest BCUT2D eigenvalue weighted by molar-refractivity contribution is 6.10. The van der Waals surface area contributed by atoms with E-state index in [1.165, 1.54) is 5.69 Å². The van der Waals surface area contributed by atoms with Gasteiger partial charge in [-0.25, -0.2) is 0 Å². The van der Waals surface area contributed by atoms with Gasteiger partial charge in [0.25, 0.3) is 0 Å². The average molecular weight is 690 g/mol. The molecule has 0 bridgehead atoms. The normalized spacial score (nSPS) is 19.4. The highest BCUT2D eigenvalue weighted by atomic mass is 16.5. The van der Waals surface area contributed by atoms with Crippen molar-refractivity contribution in [2.75, 3.05) is 50.9 Å². The van der Waals surface area contributed by atoms with Crippen LogP contribution in [-0.4, -0.2) is 100 Å². The average Bonchev–Trinajstić information content (AvgIpc) is 3.52. The van der Waals surface area contributed by atoms with Gasteiger partial charge in [0.2, 0.25) is 5.91 Å². The first-order valence-electron chi connectivity index (χ1n) is 17.8. The number of carbonyl (C=O) groups excluding carboxylic acids is 2. The molecule has 6 heterocycles. The molecular formula is C38H43N9O4. The van der Waals surface area contributed by atoms with Crippen LogP contribution in [0.5, 0.6) is 0 Å². The maximum Gasteiger partial charge on any atom is 0.219 e. The van der Waals surface area contributed by atoms with Crippen LogP contribution in [-0.2, 0) is 27.2 Å². The van der Waals surface area contributed by atoms with Crippen molar-refractivity contribution in [3.05, 3.63) is 71.4 Å². The Bertz CT molecular complexity index is 1990. The molecule has 0 atom stereocenters. The summed E-state index contributed by atoms with van der Waals surface area (Å²) in [5.74, 6) is 0.895. The van der Waals surface area contributed by atoms with E-state index in [-0.39, 0.29) is 17.4 Å². The van der Waals surface area contributed by atoms with Crippen LogP contribution in [0.1, 0.15) is 66.1 Å². The molecule has 4 aliphatic rings. The van der Waals surface area contributed by atoms with Gasteiger partial charge in [0.1, 0.15) is 5.69 Å². The van der Waals surface area contributed by atoms with E-state index in [1.54, 1.807) is 25.4 Å². The smallest absolute Gasteiger partial charge is 0.219 e. The number of aromatic nitrogens is 5. The third-order valence-electron chi connectivity index (χ3n) is 10.9. The predicted molar refractivity (Wildman–Crippen MR) is 193 cm³/mol. The Balaban J connectivity index is 0.903. The van der Waals surface area contributed by atoms with Crippen LogP contribution in [0.2, 0.25) is 0 Å². The van der Waals surface area contributed by atoms with E-state index in [0.717, 1.165) is 103 Å². The zero-order chi connectivity index (χ0) is 35.0. The van der Waals surface area contributed by atoms with Crippen LogP contribution in [0.3, 0.4) is 0 Å². The number of benzene rings is 1.